The number of H-pyrrole nitrogens is 1. The average molecular weight is 508 g/mol. The molecule has 1 aliphatic rings. The Bertz CT molecular complexity index is 1610. The minimum atomic E-state index is -0.818. The van der Waals surface area contributed by atoms with E-state index >= 15 is 0 Å². The van der Waals surface area contributed by atoms with E-state index in [-0.39, 0.29) is 17.2 Å². The van der Waals surface area contributed by atoms with E-state index in [1.807, 2.05) is 55.7 Å². The summed E-state index contributed by atoms with van der Waals surface area (Å²) < 4.78 is 14.2. The average Bonchev–Trinajstić information content (AvgIpc) is 3.32. The lowest BCUT2D eigenvalue weighted by Crippen LogP contribution is -2.39. The molecule has 1 fully saturated rings. The first-order valence-corrected chi connectivity index (χ1v) is 12.5. The zero-order valence-corrected chi connectivity index (χ0v) is 20.7. The molecule has 190 valence electrons. The quantitative estimate of drug-likeness (QED) is 0.260. The summed E-state index contributed by atoms with van der Waals surface area (Å²) in [5.74, 6) is -0.0309. The van der Waals surface area contributed by atoms with Gasteiger partial charge in [-0.25, -0.2) is 14.4 Å². The number of aromatic hydroxyl groups is 1. The molecule has 1 amide bonds. The van der Waals surface area contributed by atoms with Gasteiger partial charge in [-0.1, -0.05) is 18.2 Å². The van der Waals surface area contributed by atoms with E-state index in [9.17, 15) is 14.3 Å². The number of benzene rings is 3. The molecule has 7 nitrogen and oxygen atoms in total. The summed E-state index contributed by atoms with van der Waals surface area (Å²) in [4.78, 5) is 26.0. The van der Waals surface area contributed by atoms with Gasteiger partial charge in [0.05, 0.1) is 6.04 Å². The van der Waals surface area contributed by atoms with Crippen LogP contribution in [0.2, 0.25) is 0 Å². The predicted molar refractivity (Wildman–Crippen MR) is 143 cm³/mol. The third kappa shape index (κ3) is 4.62. The van der Waals surface area contributed by atoms with Gasteiger partial charge in [0.2, 0.25) is 0 Å². The summed E-state index contributed by atoms with van der Waals surface area (Å²) in [6.07, 6.45) is 3.68. The van der Waals surface area contributed by atoms with Gasteiger partial charge >= 0.3 is 0 Å². The van der Waals surface area contributed by atoms with Crippen LogP contribution < -0.4 is 10.6 Å². The van der Waals surface area contributed by atoms with E-state index in [0.29, 0.717) is 23.0 Å². The molecule has 0 radical (unpaired) electrons. The molecule has 38 heavy (non-hydrogen) atoms. The van der Waals surface area contributed by atoms with Crippen molar-refractivity contribution in [1.82, 2.24) is 25.6 Å². The highest BCUT2D eigenvalue weighted by atomic mass is 19.1. The van der Waals surface area contributed by atoms with Gasteiger partial charge in [0, 0.05) is 59.3 Å². The number of phenolic OH excluding ortho intramolecular Hbond substituents is 1. The van der Waals surface area contributed by atoms with Crippen molar-refractivity contribution in [2.75, 3.05) is 13.1 Å². The molecule has 1 unspecified atom stereocenters. The van der Waals surface area contributed by atoms with Crippen LogP contribution in [0.15, 0.2) is 79.1 Å². The Morgan fingerprint density at radius 2 is 1.84 bits per heavy atom. The molecule has 2 aromatic heterocycles. The van der Waals surface area contributed by atoms with Crippen molar-refractivity contribution in [3.8, 4) is 17.1 Å². The molecule has 4 N–H and O–H groups in total. The van der Waals surface area contributed by atoms with Gasteiger partial charge in [-0.05, 0) is 72.0 Å². The smallest absolute Gasteiger partial charge is 0.252 e. The first kappa shape index (κ1) is 23.8. The number of hydrogen-bond acceptors (Lipinski definition) is 5. The minimum absolute atomic E-state index is 0.115. The van der Waals surface area contributed by atoms with Gasteiger partial charge in [0.1, 0.15) is 11.6 Å². The van der Waals surface area contributed by atoms with Crippen LogP contribution in [-0.2, 0) is 0 Å². The monoisotopic (exact) mass is 507 g/mol. The summed E-state index contributed by atoms with van der Waals surface area (Å²) >= 11 is 0. The van der Waals surface area contributed by atoms with Crippen LogP contribution in [0, 0.1) is 12.7 Å². The second-order valence-corrected chi connectivity index (χ2v) is 9.70. The highest BCUT2D eigenvalue weighted by molar-refractivity contribution is 5.96. The molecule has 3 heterocycles. The number of nitrogens with one attached hydrogen (secondary N) is 3. The number of aryl methyl sites for hydroxylation is 1. The lowest BCUT2D eigenvalue weighted by atomic mass is 9.96. The van der Waals surface area contributed by atoms with Gasteiger partial charge in [0.15, 0.2) is 5.82 Å². The van der Waals surface area contributed by atoms with E-state index in [2.05, 4.69) is 25.6 Å². The Labute approximate surface area is 218 Å². The molecule has 1 aliphatic heterocycles. The van der Waals surface area contributed by atoms with E-state index in [4.69, 9.17) is 0 Å². The number of amides is 1. The number of phenols is 1. The number of aromatic nitrogens is 3. The van der Waals surface area contributed by atoms with Gasteiger partial charge in [-0.15, -0.1) is 0 Å². The molecule has 0 aliphatic carbocycles. The van der Waals surface area contributed by atoms with Crippen LogP contribution in [0.4, 0.5) is 4.39 Å². The topological polar surface area (TPSA) is 103 Å². The molecule has 8 heteroatoms. The SMILES string of the molecule is Cc1cc(C(=O)NC(c2cc3ccccc3[nH]2)c2cc(F)ccc2O)cc(-c2ncc(C3CNC3)cn2)c1. The number of halogens is 1. The molecule has 3 aromatic carbocycles. The zero-order valence-electron chi connectivity index (χ0n) is 20.7. The number of carbonyl (C=O) groups excluding carboxylic acids is 1. The van der Waals surface area contributed by atoms with Crippen LogP contribution in [0.3, 0.4) is 0 Å². The Hall–Kier alpha value is -4.56. The number of aromatic amines is 1. The highest BCUT2D eigenvalue weighted by Crippen LogP contribution is 2.32. The Morgan fingerprint density at radius 3 is 2.58 bits per heavy atom. The third-order valence-electron chi connectivity index (χ3n) is 6.96. The lowest BCUT2D eigenvalue weighted by Gasteiger charge is -2.26. The molecule has 0 spiro atoms. The molecule has 0 saturated carbocycles. The number of nitrogens with zero attached hydrogens (tertiary/aromatic N) is 2. The van der Waals surface area contributed by atoms with Crippen LogP contribution >= 0.6 is 0 Å². The van der Waals surface area contributed by atoms with Crippen LogP contribution in [-0.4, -0.2) is 39.1 Å². The van der Waals surface area contributed by atoms with Crippen LogP contribution in [0.5, 0.6) is 5.75 Å². The largest absolute Gasteiger partial charge is 0.508 e. The number of carbonyl (C=O) groups is 1. The van der Waals surface area contributed by atoms with E-state index in [1.165, 1.54) is 18.2 Å². The maximum Gasteiger partial charge on any atom is 0.252 e. The van der Waals surface area contributed by atoms with Crippen molar-refractivity contribution in [2.24, 2.45) is 0 Å². The summed E-state index contributed by atoms with van der Waals surface area (Å²) in [5, 5.41) is 17.8. The Kier molecular flexibility index (Phi) is 6.09. The Balaban J connectivity index is 1.34. The Morgan fingerprint density at radius 1 is 1.05 bits per heavy atom. The minimum Gasteiger partial charge on any atom is -0.508 e. The lowest BCUT2D eigenvalue weighted by molar-refractivity contribution is 0.0942. The fraction of sp³-hybridized carbons (Fsp3) is 0.167. The van der Waals surface area contributed by atoms with Crippen molar-refractivity contribution in [1.29, 1.82) is 0 Å². The van der Waals surface area contributed by atoms with Crippen molar-refractivity contribution < 1.29 is 14.3 Å². The van der Waals surface area contributed by atoms with Crippen LogP contribution in [0.1, 0.15) is 44.7 Å². The fourth-order valence-electron chi connectivity index (χ4n) is 4.81. The molecule has 6 rings (SSSR count). The summed E-state index contributed by atoms with van der Waals surface area (Å²) in [7, 11) is 0. The van der Waals surface area contributed by atoms with Crippen molar-refractivity contribution in [2.45, 2.75) is 18.9 Å². The first-order valence-electron chi connectivity index (χ1n) is 12.5. The predicted octanol–water partition coefficient (Wildman–Crippen LogP) is 4.98. The standard InChI is InChI=1S/C30H26FN5O2/c1-17-8-19(29-33-15-22(16-34-29)21-13-32-14-21)10-20(9-17)30(38)36-28(24-12-23(31)6-7-27(24)37)26-11-18-4-2-3-5-25(18)35-26/h2-12,15-16,21,28,32,35,37H,13-14H2,1H3,(H,36,38). The maximum atomic E-state index is 14.2. The summed E-state index contributed by atoms with van der Waals surface area (Å²) in [6, 6.07) is 17.9. The summed E-state index contributed by atoms with van der Waals surface area (Å²) in [5.41, 5.74) is 4.85. The summed E-state index contributed by atoms with van der Waals surface area (Å²) in [6.45, 7) is 3.76. The van der Waals surface area contributed by atoms with Crippen molar-refractivity contribution in [3.63, 3.8) is 0 Å². The van der Waals surface area contributed by atoms with E-state index in [0.717, 1.165) is 40.7 Å². The van der Waals surface area contributed by atoms with Gasteiger partial charge < -0.3 is 20.7 Å². The van der Waals surface area contributed by atoms with E-state index < -0.39 is 11.9 Å². The van der Waals surface area contributed by atoms with E-state index in [1.54, 1.807) is 12.1 Å². The molecule has 1 atom stereocenters. The second kappa shape index (κ2) is 9.72. The van der Waals surface area contributed by atoms with Crippen molar-refractivity contribution in [3.05, 3.63) is 113 Å². The number of fused-ring (bicyclic) bond motifs is 1. The second-order valence-electron chi connectivity index (χ2n) is 9.70. The number of para-hydroxylation sites is 1. The first-order chi connectivity index (χ1) is 18.4. The zero-order chi connectivity index (χ0) is 26.2. The molecule has 5 aromatic rings. The number of rotatable bonds is 6. The molecular formula is C30H26FN5O2. The van der Waals surface area contributed by atoms with Crippen molar-refractivity contribution >= 4 is 16.8 Å². The van der Waals surface area contributed by atoms with Gasteiger partial charge in [-0.2, -0.15) is 0 Å². The third-order valence-corrected chi connectivity index (χ3v) is 6.96. The maximum absolute atomic E-state index is 14.2. The molecular weight excluding hydrogens is 481 g/mol. The normalized spacial score (nSPS) is 14.3. The molecule has 0 bridgehead atoms. The van der Waals surface area contributed by atoms with Gasteiger partial charge in [-0.3, -0.25) is 4.79 Å². The molecule has 1 saturated heterocycles. The fourth-order valence-corrected chi connectivity index (χ4v) is 4.81. The van der Waals surface area contributed by atoms with Crippen LogP contribution in [0.25, 0.3) is 22.3 Å². The highest BCUT2D eigenvalue weighted by Gasteiger charge is 2.24. The van der Waals surface area contributed by atoms with Gasteiger partial charge in [0.25, 0.3) is 5.91 Å². The number of hydrogen-bond donors (Lipinski definition) is 4.